The van der Waals surface area contributed by atoms with E-state index in [1.54, 1.807) is 6.07 Å². The van der Waals surface area contributed by atoms with Gasteiger partial charge in [-0.3, -0.25) is 5.41 Å². The van der Waals surface area contributed by atoms with Crippen molar-refractivity contribution in [1.82, 2.24) is 0 Å². The lowest BCUT2D eigenvalue weighted by atomic mass is 10.3. The number of nitriles is 1. The molecule has 0 amide bonds. The summed E-state index contributed by atoms with van der Waals surface area (Å²) in [6.45, 7) is 0. The number of nitrogens with one attached hydrogen (secondary N) is 1. The second-order valence-corrected chi connectivity index (χ2v) is 1.31. The summed E-state index contributed by atoms with van der Waals surface area (Å²) in [6.07, 6.45) is 1.23. The standard InChI is InChI=1S/C5H2N4/c6-1-4-5(2-7)9-3-8-4/h3,6H. The van der Waals surface area contributed by atoms with Crippen LogP contribution in [0.25, 0.3) is 0 Å². The van der Waals surface area contributed by atoms with Gasteiger partial charge in [-0.05, 0) is 0 Å². The first-order valence-corrected chi connectivity index (χ1v) is 2.19. The second-order valence-electron chi connectivity index (χ2n) is 1.31. The average molecular weight is 118 g/mol. The zero-order chi connectivity index (χ0) is 6.69. The number of nitrogens with zero attached hydrogens (tertiary/aromatic N) is 3. The predicted octanol–water partition coefficient (Wildman–Crippen LogP) is 0.125. The molecule has 1 N–H and O–H groups in total. The number of allylic oxidation sites excluding steroid dienone is 1. The van der Waals surface area contributed by atoms with E-state index >= 15 is 0 Å². The molecule has 0 fully saturated rings. The third-order valence-electron chi connectivity index (χ3n) is 0.822. The summed E-state index contributed by atoms with van der Waals surface area (Å²) in [4.78, 5) is 7.12. The van der Waals surface area contributed by atoms with Crippen LogP contribution in [0.15, 0.2) is 15.7 Å². The van der Waals surface area contributed by atoms with E-state index in [0.717, 1.165) is 0 Å². The highest BCUT2D eigenvalue weighted by Gasteiger charge is 2.07. The van der Waals surface area contributed by atoms with Gasteiger partial charge in [-0.1, -0.05) is 0 Å². The third kappa shape index (κ3) is 0.763. The molecule has 0 bridgehead atoms. The van der Waals surface area contributed by atoms with Crippen molar-refractivity contribution in [2.24, 2.45) is 9.98 Å². The zero-order valence-electron chi connectivity index (χ0n) is 4.42. The summed E-state index contributed by atoms with van der Waals surface area (Å²) in [5.74, 6) is 1.98. The third-order valence-corrected chi connectivity index (χ3v) is 0.822. The van der Waals surface area contributed by atoms with Gasteiger partial charge in [-0.2, -0.15) is 5.26 Å². The largest absolute Gasteiger partial charge is 0.257 e. The van der Waals surface area contributed by atoms with Gasteiger partial charge in [0, 0.05) is 5.87 Å². The van der Waals surface area contributed by atoms with E-state index in [9.17, 15) is 0 Å². The van der Waals surface area contributed by atoms with Gasteiger partial charge in [0.2, 0.25) is 0 Å². The van der Waals surface area contributed by atoms with Crippen molar-refractivity contribution in [3.8, 4) is 6.07 Å². The van der Waals surface area contributed by atoms with Crippen LogP contribution < -0.4 is 0 Å². The maximum absolute atomic E-state index is 8.26. The molecule has 1 aliphatic heterocycles. The second kappa shape index (κ2) is 2.03. The minimum Gasteiger partial charge on any atom is -0.257 e. The summed E-state index contributed by atoms with van der Waals surface area (Å²) in [5, 5.41) is 14.9. The van der Waals surface area contributed by atoms with Crippen LogP contribution in [0.2, 0.25) is 0 Å². The van der Waals surface area contributed by atoms with Crippen molar-refractivity contribution in [2.75, 3.05) is 0 Å². The van der Waals surface area contributed by atoms with Crippen molar-refractivity contribution >= 4 is 17.9 Å². The van der Waals surface area contributed by atoms with Crippen LogP contribution in [0, 0.1) is 16.7 Å². The fraction of sp³-hybridized carbons (Fsp3) is 0. The van der Waals surface area contributed by atoms with Crippen LogP contribution in [-0.4, -0.2) is 17.9 Å². The molecule has 0 aromatic carbocycles. The van der Waals surface area contributed by atoms with E-state index in [0.29, 0.717) is 0 Å². The molecule has 1 rings (SSSR count). The van der Waals surface area contributed by atoms with E-state index in [4.69, 9.17) is 10.7 Å². The minimum absolute atomic E-state index is 0.157. The van der Waals surface area contributed by atoms with Crippen molar-refractivity contribution < 1.29 is 0 Å². The van der Waals surface area contributed by atoms with Crippen LogP contribution in [0.5, 0.6) is 0 Å². The molecule has 0 atom stereocenters. The highest BCUT2D eigenvalue weighted by atomic mass is 15.0. The fourth-order valence-corrected chi connectivity index (χ4v) is 0.440. The summed E-state index contributed by atoms with van der Waals surface area (Å²) < 4.78 is 0. The Labute approximate surface area is 51.4 Å². The van der Waals surface area contributed by atoms with Gasteiger partial charge in [0.25, 0.3) is 0 Å². The molecule has 0 aliphatic carbocycles. The molecule has 4 heteroatoms. The van der Waals surface area contributed by atoms with Crippen molar-refractivity contribution in [3.63, 3.8) is 0 Å². The molecule has 1 aliphatic rings. The zero-order valence-corrected chi connectivity index (χ0v) is 4.42. The maximum Gasteiger partial charge on any atom is 0.177 e. The van der Waals surface area contributed by atoms with Crippen molar-refractivity contribution in [1.29, 1.82) is 10.7 Å². The topological polar surface area (TPSA) is 72.4 Å². The molecule has 9 heavy (non-hydrogen) atoms. The Bertz CT molecular complexity index is 272. The van der Waals surface area contributed by atoms with Gasteiger partial charge in [0.1, 0.15) is 12.4 Å². The Kier molecular flexibility index (Phi) is 1.22. The lowest BCUT2D eigenvalue weighted by molar-refractivity contribution is 1.50. The average Bonchev–Trinajstić information content (AvgIpc) is 2.33. The Morgan fingerprint density at radius 1 is 1.67 bits per heavy atom. The first-order valence-electron chi connectivity index (χ1n) is 2.19. The molecule has 0 unspecified atom stereocenters. The molecule has 4 nitrogen and oxygen atoms in total. The number of hydrogen-bond acceptors (Lipinski definition) is 4. The highest BCUT2D eigenvalue weighted by Crippen LogP contribution is 1.99. The van der Waals surface area contributed by atoms with Crippen LogP contribution in [0.4, 0.5) is 0 Å². The summed E-state index contributed by atoms with van der Waals surface area (Å²) in [7, 11) is 0. The molecule has 0 radical (unpaired) electrons. The molecular weight excluding hydrogens is 116 g/mol. The Hall–Kier alpha value is -1.72. The highest BCUT2D eigenvalue weighted by molar-refractivity contribution is 6.20. The Morgan fingerprint density at radius 3 is 2.89 bits per heavy atom. The number of rotatable bonds is 0. The molecule has 0 saturated heterocycles. The fourth-order valence-electron chi connectivity index (χ4n) is 0.440. The molecule has 0 spiro atoms. The van der Waals surface area contributed by atoms with Gasteiger partial charge in [0.15, 0.2) is 11.4 Å². The van der Waals surface area contributed by atoms with Gasteiger partial charge < -0.3 is 0 Å². The quantitative estimate of drug-likeness (QED) is 0.451. The Balaban J connectivity index is 3.09. The molecule has 42 valence electrons. The van der Waals surface area contributed by atoms with E-state index in [1.807, 2.05) is 5.87 Å². The molecule has 0 saturated carbocycles. The van der Waals surface area contributed by atoms with Gasteiger partial charge >= 0.3 is 0 Å². The minimum atomic E-state index is 0.157. The Morgan fingerprint density at radius 2 is 2.44 bits per heavy atom. The monoisotopic (exact) mass is 118 g/mol. The van der Waals surface area contributed by atoms with Gasteiger partial charge in [0.05, 0.1) is 0 Å². The summed E-state index contributed by atoms with van der Waals surface area (Å²) >= 11 is 0. The molecule has 0 aromatic heterocycles. The molecule has 1 heterocycles. The lowest BCUT2D eigenvalue weighted by Gasteiger charge is -1.78. The summed E-state index contributed by atoms with van der Waals surface area (Å²) in [6, 6.07) is 1.77. The first-order chi connectivity index (χ1) is 4.38. The molecular formula is C5H2N4. The number of hydrogen-bond donors (Lipinski definition) is 1. The maximum atomic E-state index is 8.26. The van der Waals surface area contributed by atoms with Crippen LogP contribution >= 0.6 is 0 Å². The van der Waals surface area contributed by atoms with Gasteiger partial charge in [-0.15, -0.1) is 0 Å². The predicted molar refractivity (Wildman–Crippen MR) is 32.8 cm³/mol. The van der Waals surface area contributed by atoms with Crippen molar-refractivity contribution in [2.45, 2.75) is 0 Å². The van der Waals surface area contributed by atoms with Crippen molar-refractivity contribution in [3.05, 3.63) is 5.70 Å². The molecule has 0 aromatic rings. The van der Waals surface area contributed by atoms with Crippen LogP contribution in [0.1, 0.15) is 0 Å². The SMILES string of the molecule is N#CC1=NC=NC1=C=N. The van der Waals surface area contributed by atoms with E-state index < -0.39 is 0 Å². The van der Waals surface area contributed by atoms with E-state index in [1.165, 1.54) is 6.34 Å². The van der Waals surface area contributed by atoms with E-state index in [2.05, 4.69) is 9.98 Å². The van der Waals surface area contributed by atoms with Gasteiger partial charge in [-0.25, -0.2) is 9.98 Å². The number of aliphatic imine (C=N–C) groups is 2. The van der Waals surface area contributed by atoms with Crippen LogP contribution in [0.3, 0.4) is 0 Å². The van der Waals surface area contributed by atoms with Crippen LogP contribution in [-0.2, 0) is 0 Å². The normalized spacial score (nSPS) is 14.6. The van der Waals surface area contributed by atoms with E-state index in [-0.39, 0.29) is 11.4 Å². The first kappa shape index (κ1) is 5.42. The lowest BCUT2D eigenvalue weighted by Crippen LogP contribution is -1.91. The summed E-state index contributed by atoms with van der Waals surface area (Å²) in [5.41, 5.74) is 0.363. The smallest absolute Gasteiger partial charge is 0.177 e.